The Morgan fingerprint density at radius 1 is 1.56 bits per heavy atom. The number of nitrogens with one attached hydrogen (secondary N) is 1. The summed E-state index contributed by atoms with van der Waals surface area (Å²) in [5.41, 5.74) is 0. The molecule has 0 spiro atoms. The summed E-state index contributed by atoms with van der Waals surface area (Å²) in [6, 6.07) is 0.219. The molecular weight excluding hydrogens is 232 g/mol. The van der Waals surface area contributed by atoms with Crippen molar-refractivity contribution < 1.29 is 8.78 Å². The Morgan fingerprint density at radius 3 is 2.81 bits per heavy atom. The first-order valence-corrected chi connectivity index (χ1v) is 6.04. The van der Waals surface area contributed by atoms with Gasteiger partial charge in [-0.25, -0.2) is 13.8 Å². The zero-order chi connectivity index (χ0) is 12.1. The van der Waals surface area contributed by atoms with Gasteiger partial charge in [-0.3, -0.25) is 0 Å². The molecule has 0 bridgehead atoms. The number of alkyl halides is 2. The highest BCUT2D eigenvalue weighted by atomic mass is 32.1. The second kappa shape index (κ2) is 6.10. The van der Waals surface area contributed by atoms with Gasteiger partial charge in [0.15, 0.2) is 5.13 Å². The van der Waals surface area contributed by atoms with E-state index in [-0.39, 0.29) is 12.6 Å². The van der Waals surface area contributed by atoms with Gasteiger partial charge >= 0.3 is 0 Å². The van der Waals surface area contributed by atoms with Crippen LogP contribution < -0.4 is 10.2 Å². The van der Waals surface area contributed by atoms with Crippen LogP contribution in [-0.2, 0) is 0 Å². The van der Waals surface area contributed by atoms with Gasteiger partial charge in [-0.1, -0.05) is 6.92 Å². The van der Waals surface area contributed by atoms with Crippen LogP contribution in [0.3, 0.4) is 0 Å². The first-order chi connectivity index (χ1) is 7.54. The van der Waals surface area contributed by atoms with Gasteiger partial charge in [-0.05, 0) is 13.5 Å². The summed E-state index contributed by atoms with van der Waals surface area (Å²) in [6.45, 7) is 4.67. The standard InChI is InChI=1S/C10H17F2N3S/c1-4-13-7(2)8-5-14-10(16-8)15(3)6-9(11)12/h5,7,9,13H,4,6H2,1-3H3. The summed E-state index contributed by atoms with van der Waals surface area (Å²) in [5.74, 6) is 0. The van der Waals surface area contributed by atoms with Crippen molar-refractivity contribution in [3.8, 4) is 0 Å². The van der Waals surface area contributed by atoms with Gasteiger partial charge in [-0.2, -0.15) is 0 Å². The van der Waals surface area contributed by atoms with Crippen molar-refractivity contribution >= 4 is 16.5 Å². The maximum atomic E-state index is 12.2. The largest absolute Gasteiger partial charge is 0.345 e. The Balaban J connectivity index is 2.63. The molecule has 92 valence electrons. The van der Waals surface area contributed by atoms with E-state index in [1.54, 1.807) is 13.2 Å². The first-order valence-electron chi connectivity index (χ1n) is 5.23. The van der Waals surface area contributed by atoms with E-state index >= 15 is 0 Å². The topological polar surface area (TPSA) is 28.2 Å². The zero-order valence-corrected chi connectivity index (χ0v) is 10.5. The van der Waals surface area contributed by atoms with E-state index in [2.05, 4.69) is 10.3 Å². The molecule has 0 fully saturated rings. The van der Waals surface area contributed by atoms with E-state index in [0.717, 1.165) is 11.4 Å². The highest BCUT2D eigenvalue weighted by molar-refractivity contribution is 7.15. The van der Waals surface area contributed by atoms with Gasteiger partial charge in [0.25, 0.3) is 6.43 Å². The van der Waals surface area contributed by atoms with E-state index in [4.69, 9.17) is 0 Å². The van der Waals surface area contributed by atoms with E-state index in [1.807, 2.05) is 13.8 Å². The van der Waals surface area contributed by atoms with Crippen LogP contribution in [0.15, 0.2) is 6.20 Å². The molecule has 1 N–H and O–H groups in total. The normalized spacial score (nSPS) is 13.1. The lowest BCUT2D eigenvalue weighted by Gasteiger charge is -2.14. The molecule has 0 aliphatic heterocycles. The predicted molar refractivity (Wildman–Crippen MR) is 63.5 cm³/mol. The van der Waals surface area contributed by atoms with Crippen LogP contribution in [0.4, 0.5) is 13.9 Å². The van der Waals surface area contributed by atoms with Crippen LogP contribution in [0.25, 0.3) is 0 Å². The van der Waals surface area contributed by atoms with Crippen LogP contribution in [0.5, 0.6) is 0 Å². The molecule has 1 aromatic rings. The number of rotatable bonds is 6. The molecule has 0 aliphatic rings. The minimum atomic E-state index is -2.33. The van der Waals surface area contributed by atoms with Crippen molar-refractivity contribution in [2.24, 2.45) is 0 Å². The van der Waals surface area contributed by atoms with Crippen LogP contribution in [0, 0.1) is 0 Å². The maximum absolute atomic E-state index is 12.2. The number of aromatic nitrogens is 1. The number of anilines is 1. The Kier molecular flexibility index (Phi) is 5.08. The molecule has 0 aromatic carbocycles. The molecule has 1 heterocycles. The summed E-state index contributed by atoms with van der Waals surface area (Å²) < 4.78 is 24.4. The predicted octanol–water partition coefficient (Wildman–Crippen LogP) is 2.51. The smallest absolute Gasteiger partial charge is 0.255 e. The molecule has 0 aliphatic carbocycles. The van der Waals surface area contributed by atoms with Crippen LogP contribution in [-0.4, -0.2) is 31.5 Å². The fourth-order valence-electron chi connectivity index (χ4n) is 1.35. The third kappa shape index (κ3) is 3.68. The lowest BCUT2D eigenvalue weighted by atomic mass is 10.3. The Hall–Kier alpha value is -0.750. The van der Waals surface area contributed by atoms with Crippen molar-refractivity contribution in [2.45, 2.75) is 26.3 Å². The Bertz CT molecular complexity index is 317. The molecule has 0 radical (unpaired) electrons. The summed E-state index contributed by atoms with van der Waals surface area (Å²) in [5, 5.41) is 3.90. The Morgan fingerprint density at radius 2 is 2.25 bits per heavy atom. The number of nitrogens with zero attached hydrogens (tertiary/aromatic N) is 2. The fourth-order valence-corrected chi connectivity index (χ4v) is 2.26. The highest BCUT2D eigenvalue weighted by Gasteiger charge is 2.14. The van der Waals surface area contributed by atoms with Gasteiger partial charge < -0.3 is 10.2 Å². The second-order valence-electron chi connectivity index (χ2n) is 3.60. The average Bonchev–Trinajstić information content (AvgIpc) is 2.65. The van der Waals surface area contributed by atoms with E-state index < -0.39 is 6.43 Å². The minimum absolute atomic E-state index is 0.219. The van der Waals surface area contributed by atoms with Gasteiger partial charge in [0.1, 0.15) is 0 Å². The van der Waals surface area contributed by atoms with Crippen molar-refractivity contribution in [3.63, 3.8) is 0 Å². The molecule has 16 heavy (non-hydrogen) atoms. The van der Waals surface area contributed by atoms with Gasteiger partial charge in [0.05, 0.1) is 6.54 Å². The highest BCUT2D eigenvalue weighted by Crippen LogP contribution is 2.26. The van der Waals surface area contributed by atoms with Crippen molar-refractivity contribution in [3.05, 3.63) is 11.1 Å². The zero-order valence-electron chi connectivity index (χ0n) is 9.70. The third-order valence-corrected chi connectivity index (χ3v) is 3.48. The lowest BCUT2D eigenvalue weighted by molar-refractivity contribution is 0.156. The second-order valence-corrected chi connectivity index (χ2v) is 4.64. The van der Waals surface area contributed by atoms with Gasteiger partial charge in [-0.15, -0.1) is 11.3 Å². The summed E-state index contributed by atoms with van der Waals surface area (Å²) in [4.78, 5) is 6.69. The van der Waals surface area contributed by atoms with Crippen LogP contribution >= 0.6 is 11.3 Å². The summed E-state index contributed by atoms with van der Waals surface area (Å²) in [7, 11) is 1.63. The van der Waals surface area contributed by atoms with Gasteiger partial charge in [0, 0.05) is 24.2 Å². The molecule has 0 saturated carbocycles. The molecular formula is C10H17F2N3S. The van der Waals surface area contributed by atoms with Crippen LogP contribution in [0.2, 0.25) is 0 Å². The van der Waals surface area contributed by atoms with Crippen molar-refractivity contribution in [2.75, 3.05) is 25.0 Å². The number of thiazole rings is 1. The van der Waals surface area contributed by atoms with Crippen LogP contribution in [0.1, 0.15) is 24.8 Å². The molecule has 3 nitrogen and oxygen atoms in total. The fraction of sp³-hybridized carbons (Fsp3) is 0.700. The van der Waals surface area contributed by atoms with E-state index in [0.29, 0.717) is 5.13 Å². The van der Waals surface area contributed by atoms with Crippen molar-refractivity contribution in [1.29, 1.82) is 0 Å². The summed E-state index contributed by atoms with van der Waals surface area (Å²) in [6.07, 6.45) is -0.585. The third-order valence-electron chi connectivity index (χ3n) is 2.19. The molecule has 1 unspecified atom stereocenters. The molecule has 1 aromatic heterocycles. The average molecular weight is 249 g/mol. The number of hydrogen-bond acceptors (Lipinski definition) is 4. The molecule has 1 rings (SSSR count). The molecule has 1 atom stereocenters. The monoisotopic (exact) mass is 249 g/mol. The van der Waals surface area contributed by atoms with E-state index in [9.17, 15) is 8.78 Å². The maximum Gasteiger partial charge on any atom is 0.255 e. The number of halogens is 2. The molecule has 0 amide bonds. The SMILES string of the molecule is CCNC(C)c1cnc(N(C)CC(F)F)s1. The van der Waals surface area contributed by atoms with Gasteiger partial charge in [0.2, 0.25) is 0 Å². The molecule has 0 saturated heterocycles. The summed E-state index contributed by atoms with van der Waals surface area (Å²) >= 11 is 1.45. The molecule has 6 heteroatoms. The minimum Gasteiger partial charge on any atom is -0.345 e. The van der Waals surface area contributed by atoms with E-state index in [1.165, 1.54) is 16.2 Å². The lowest BCUT2D eigenvalue weighted by Crippen LogP contribution is -2.23. The van der Waals surface area contributed by atoms with Crippen molar-refractivity contribution in [1.82, 2.24) is 10.3 Å². The quantitative estimate of drug-likeness (QED) is 0.839. The number of hydrogen-bond donors (Lipinski definition) is 1. The first kappa shape index (κ1) is 13.3. The Labute approximate surface area is 98.5 Å².